The number of nitrogens with one attached hydrogen (secondary N) is 1. The highest BCUT2D eigenvalue weighted by molar-refractivity contribution is 7.92. The fourth-order valence-corrected chi connectivity index (χ4v) is 4.88. The molecule has 6 nitrogen and oxygen atoms in total. The number of aryl methyl sites for hydroxylation is 1. The van der Waals surface area contributed by atoms with Gasteiger partial charge in [-0.2, -0.15) is 0 Å². The number of nitrogens with zero attached hydrogens (tertiary/aromatic N) is 1. The van der Waals surface area contributed by atoms with E-state index in [9.17, 15) is 13.2 Å². The van der Waals surface area contributed by atoms with Gasteiger partial charge in [0.2, 0.25) is 15.9 Å². The molecule has 0 aliphatic rings. The number of hydrogen-bond acceptors (Lipinski definition) is 4. The van der Waals surface area contributed by atoms with Crippen molar-refractivity contribution in [3.8, 4) is 5.75 Å². The van der Waals surface area contributed by atoms with Crippen LogP contribution >= 0.6 is 0 Å². The summed E-state index contributed by atoms with van der Waals surface area (Å²) in [5, 5.41) is 3.10. The molecule has 31 heavy (non-hydrogen) atoms. The Morgan fingerprint density at radius 1 is 1.13 bits per heavy atom. The third-order valence-electron chi connectivity index (χ3n) is 5.13. The van der Waals surface area contributed by atoms with Crippen molar-refractivity contribution in [2.24, 2.45) is 5.92 Å². The van der Waals surface area contributed by atoms with Gasteiger partial charge >= 0.3 is 0 Å². The minimum absolute atomic E-state index is 0.230. The number of sulfonamides is 1. The summed E-state index contributed by atoms with van der Waals surface area (Å²) in [5.74, 6) is 0.777. The highest BCUT2D eigenvalue weighted by atomic mass is 32.2. The smallest absolute Gasteiger partial charge is 0.244 e. The normalized spacial score (nSPS) is 13.5. The lowest BCUT2D eigenvalue weighted by atomic mass is 9.96. The zero-order valence-corrected chi connectivity index (χ0v) is 20.1. The van der Waals surface area contributed by atoms with E-state index < -0.39 is 16.1 Å². The Balaban J connectivity index is 2.37. The monoisotopic (exact) mass is 446 g/mol. The number of carbonyl (C=O) groups excluding carboxylic acids is 1. The van der Waals surface area contributed by atoms with Crippen LogP contribution in [0.5, 0.6) is 5.75 Å². The number of carbonyl (C=O) groups is 1. The van der Waals surface area contributed by atoms with Crippen molar-refractivity contribution in [2.75, 3.05) is 17.7 Å². The van der Waals surface area contributed by atoms with Gasteiger partial charge in [-0.15, -0.1) is 0 Å². The van der Waals surface area contributed by atoms with Crippen molar-refractivity contribution < 1.29 is 17.9 Å². The molecule has 2 rings (SSSR count). The van der Waals surface area contributed by atoms with E-state index in [2.05, 4.69) is 19.2 Å². The van der Waals surface area contributed by atoms with Crippen LogP contribution < -0.4 is 14.4 Å². The molecule has 0 fully saturated rings. The van der Waals surface area contributed by atoms with Gasteiger partial charge in [0.15, 0.2) is 0 Å². The quantitative estimate of drug-likeness (QED) is 0.585. The van der Waals surface area contributed by atoms with E-state index in [1.165, 1.54) is 4.31 Å². The molecule has 170 valence electrons. The van der Waals surface area contributed by atoms with Crippen LogP contribution in [0.3, 0.4) is 0 Å². The Labute approximate surface area is 186 Å². The van der Waals surface area contributed by atoms with Crippen LogP contribution in [0, 0.1) is 12.8 Å². The molecular formula is C24H34N2O4S. The molecule has 0 aromatic heterocycles. The van der Waals surface area contributed by atoms with Crippen LogP contribution in [0.2, 0.25) is 0 Å². The van der Waals surface area contributed by atoms with Gasteiger partial charge in [0.05, 0.1) is 25.1 Å². The lowest BCUT2D eigenvalue weighted by Gasteiger charge is -2.32. The first-order valence-corrected chi connectivity index (χ1v) is 12.4. The maximum Gasteiger partial charge on any atom is 0.244 e. The fraction of sp³-hybridized carbons (Fsp3) is 0.458. The van der Waals surface area contributed by atoms with E-state index in [0.717, 1.165) is 29.6 Å². The van der Waals surface area contributed by atoms with Crippen molar-refractivity contribution in [2.45, 2.75) is 52.6 Å². The van der Waals surface area contributed by atoms with Gasteiger partial charge in [-0.25, -0.2) is 8.42 Å². The second-order valence-electron chi connectivity index (χ2n) is 8.29. The zero-order valence-electron chi connectivity index (χ0n) is 19.3. The average Bonchev–Trinajstić information content (AvgIpc) is 2.70. The summed E-state index contributed by atoms with van der Waals surface area (Å²) in [6.07, 6.45) is 2.22. The third kappa shape index (κ3) is 6.72. The first-order chi connectivity index (χ1) is 14.6. The lowest BCUT2D eigenvalue weighted by molar-refractivity contribution is -0.123. The molecule has 0 saturated heterocycles. The standard InChI is InChI=1S/C24H34N2O4S/c1-7-23(26(31(6,28)29)20-10-8-9-18(4)16-20)24(27)25-22(15-17(2)3)19-11-13-21(30-5)14-12-19/h8-14,16-17,22-23H,7,15H2,1-6H3,(H,25,27)/t22-,23+/m1/s1. The van der Waals surface area contributed by atoms with Gasteiger partial charge in [-0.05, 0) is 61.1 Å². The van der Waals surface area contributed by atoms with E-state index >= 15 is 0 Å². The molecule has 0 spiro atoms. The van der Waals surface area contributed by atoms with Crippen molar-refractivity contribution in [3.63, 3.8) is 0 Å². The molecular weight excluding hydrogens is 412 g/mol. The highest BCUT2D eigenvalue weighted by Gasteiger charge is 2.32. The number of ether oxygens (including phenoxy) is 1. The molecule has 1 N–H and O–H groups in total. The predicted molar refractivity (Wildman–Crippen MR) is 126 cm³/mol. The summed E-state index contributed by atoms with van der Waals surface area (Å²) in [6, 6.07) is 13.7. The Morgan fingerprint density at radius 2 is 1.77 bits per heavy atom. The summed E-state index contributed by atoms with van der Waals surface area (Å²) in [6.45, 7) is 7.90. The van der Waals surface area contributed by atoms with Crippen molar-refractivity contribution in [1.29, 1.82) is 0 Å². The third-order valence-corrected chi connectivity index (χ3v) is 6.31. The van der Waals surface area contributed by atoms with Crippen molar-refractivity contribution >= 4 is 21.6 Å². The van der Waals surface area contributed by atoms with E-state index in [-0.39, 0.29) is 11.9 Å². The predicted octanol–water partition coefficient (Wildman–Crippen LogP) is 4.45. The number of rotatable bonds is 10. The Bertz CT molecular complexity index is 971. The maximum atomic E-state index is 13.4. The molecule has 2 atom stereocenters. The Kier molecular flexibility index (Phi) is 8.51. The highest BCUT2D eigenvalue weighted by Crippen LogP contribution is 2.27. The molecule has 2 aromatic carbocycles. The minimum Gasteiger partial charge on any atom is -0.497 e. The van der Waals surface area contributed by atoms with E-state index in [1.807, 2.05) is 44.2 Å². The van der Waals surface area contributed by atoms with Crippen LogP contribution in [0.25, 0.3) is 0 Å². The molecule has 0 heterocycles. The van der Waals surface area contributed by atoms with Crippen LogP contribution in [-0.4, -0.2) is 33.7 Å². The van der Waals surface area contributed by atoms with Gasteiger partial charge < -0.3 is 10.1 Å². The number of hydrogen-bond donors (Lipinski definition) is 1. The SMILES string of the molecule is CC[C@@H](C(=O)N[C@H](CC(C)C)c1ccc(OC)cc1)N(c1cccc(C)c1)S(C)(=O)=O. The number of methoxy groups -OCH3 is 1. The number of anilines is 1. The van der Waals surface area contributed by atoms with Gasteiger partial charge in [0.1, 0.15) is 11.8 Å². The number of amides is 1. The molecule has 0 bridgehead atoms. The van der Waals surface area contributed by atoms with Gasteiger partial charge in [-0.1, -0.05) is 45.0 Å². The van der Waals surface area contributed by atoms with Crippen LogP contribution in [0.4, 0.5) is 5.69 Å². The largest absolute Gasteiger partial charge is 0.497 e. The molecule has 0 aliphatic heterocycles. The summed E-state index contributed by atoms with van der Waals surface area (Å²) in [5.41, 5.74) is 2.38. The first kappa shape index (κ1) is 24.7. The van der Waals surface area contributed by atoms with Crippen LogP contribution in [0.1, 0.15) is 50.8 Å². The maximum absolute atomic E-state index is 13.4. The van der Waals surface area contributed by atoms with Crippen LogP contribution in [0.15, 0.2) is 48.5 Å². The summed E-state index contributed by atoms with van der Waals surface area (Å²) >= 11 is 0. The second kappa shape index (κ2) is 10.7. The molecule has 7 heteroatoms. The molecule has 0 aliphatic carbocycles. The van der Waals surface area contributed by atoms with Crippen molar-refractivity contribution in [1.82, 2.24) is 5.32 Å². The number of benzene rings is 2. The Hall–Kier alpha value is -2.54. The fourth-order valence-electron chi connectivity index (χ4n) is 3.68. The molecule has 2 aromatic rings. The molecule has 0 saturated carbocycles. The first-order valence-electron chi connectivity index (χ1n) is 10.6. The van der Waals surface area contributed by atoms with Gasteiger partial charge in [0, 0.05) is 0 Å². The van der Waals surface area contributed by atoms with Crippen molar-refractivity contribution in [3.05, 3.63) is 59.7 Å². The molecule has 1 amide bonds. The van der Waals surface area contributed by atoms with Crippen LogP contribution in [-0.2, 0) is 14.8 Å². The summed E-state index contributed by atoms with van der Waals surface area (Å²) in [4.78, 5) is 13.4. The lowest BCUT2D eigenvalue weighted by Crippen LogP contribution is -2.50. The van der Waals surface area contributed by atoms with E-state index in [1.54, 1.807) is 25.3 Å². The van der Waals surface area contributed by atoms with Gasteiger partial charge in [0.25, 0.3) is 0 Å². The summed E-state index contributed by atoms with van der Waals surface area (Å²) < 4.78 is 31.8. The minimum atomic E-state index is -3.67. The zero-order chi connectivity index (χ0) is 23.2. The average molecular weight is 447 g/mol. The van der Waals surface area contributed by atoms with E-state index in [4.69, 9.17) is 4.74 Å². The topological polar surface area (TPSA) is 75.7 Å². The second-order valence-corrected chi connectivity index (χ2v) is 10.1. The van der Waals surface area contributed by atoms with E-state index in [0.29, 0.717) is 18.0 Å². The summed E-state index contributed by atoms with van der Waals surface area (Å²) in [7, 11) is -2.06. The van der Waals surface area contributed by atoms with Gasteiger partial charge in [-0.3, -0.25) is 9.10 Å². The molecule has 0 unspecified atom stereocenters. The Morgan fingerprint density at radius 3 is 2.26 bits per heavy atom. The molecule has 0 radical (unpaired) electrons.